The van der Waals surface area contributed by atoms with Gasteiger partial charge in [-0.05, 0) is 24.3 Å². The van der Waals surface area contributed by atoms with Crippen LogP contribution in [0.15, 0.2) is 24.3 Å². The molecule has 0 amide bonds. The molecule has 0 saturated carbocycles. The topological polar surface area (TPSA) is 23.6 Å². The molecule has 1 aliphatic heterocycles. The Morgan fingerprint density at radius 1 is 1.00 bits per heavy atom. The fraction of sp³-hybridized carbons (Fsp3) is 0.417. The fourth-order valence-electron chi connectivity index (χ4n) is 1.98. The summed E-state index contributed by atoms with van der Waals surface area (Å²) in [5.74, 6) is 0. The second kappa shape index (κ2) is 4.97. The number of anilines is 1. The Kier molecular flexibility index (Phi) is 3.56. The summed E-state index contributed by atoms with van der Waals surface area (Å²) in [4.78, 5) is 12.9. The number of alkyl halides is 3. The van der Waals surface area contributed by atoms with E-state index in [0.29, 0.717) is 23.6 Å². The Balaban J connectivity index is 1.98. The van der Waals surface area contributed by atoms with Gasteiger partial charge in [0.2, 0.25) is 0 Å². The summed E-state index contributed by atoms with van der Waals surface area (Å²) < 4.78 is 37.3. The molecule has 0 aliphatic carbocycles. The minimum atomic E-state index is -4.24. The lowest BCUT2D eigenvalue weighted by Gasteiger charge is -2.36. The summed E-state index contributed by atoms with van der Waals surface area (Å²) in [6.45, 7) is 0.609. The Morgan fingerprint density at radius 2 is 1.56 bits per heavy atom. The molecule has 6 heteroatoms. The average Bonchev–Trinajstić information content (AvgIpc) is 2.38. The molecular weight excluding hydrogens is 245 g/mol. The van der Waals surface area contributed by atoms with Crippen LogP contribution in [0.4, 0.5) is 18.9 Å². The fourth-order valence-corrected chi connectivity index (χ4v) is 1.98. The molecule has 1 aromatic carbocycles. The van der Waals surface area contributed by atoms with Gasteiger partial charge in [0.05, 0.1) is 0 Å². The number of hydrogen-bond acceptors (Lipinski definition) is 3. The SMILES string of the molecule is O=Cc1ccc(N2CCN(C(F)(F)F)CC2)cc1. The van der Waals surface area contributed by atoms with Crippen molar-refractivity contribution in [1.82, 2.24) is 4.90 Å². The quantitative estimate of drug-likeness (QED) is 0.600. The van der Waals surface area contributed by atoms with Crippen molar-refractivity contribution in [2.45, 2.75) is 6.30 Å². The summed E-state index contributed by atoms with van der Waals surface area (Å²) in [7, 11) is 0. The Bertz CT molecular complexity index is 408. The molecule has 1 fully saturated rings. The van der Waals surface area contributed by atoms with E-state index in [1.54, 1.807) is 24.3 Å². The van der Waals surface area contributed by atoms with Gasteiger partial charge in [-0.2, -0.15) is 13.2 Å². The average molecular weight is 258 g/mol. The van der Waals surface area contributed by atoms with Crippen LogP contribution in [0, 0.1) is 0 Å². The predicted octanol–water partition coefficient (Wildman–Crippen LogP) is 2.14. The minimum absolute atomic E-state index is 0.0288. The zero-order valence-electron chi connectivity index (χ0n) is 9.65. The van der Waals surface area contributed by atoms with Crippen LogP contribution in [0.1, 0.15) is 10.4 Å². The van der Waals surface area contributed by atoms with Crippen LogP contribution in [0.5, 0.6) is 0 Å². The van der Waals surface area contributed by atoms with Crippen molar-refractivity contribution in [2.24, 2.45) is 0 Å². The van der Waals surface area contributed by atoms with Gasteiger partial charge in [-0.25, -0.2) is 4.90 Å². The number of piperazine rings is 1. The first-order valence-electron chi connectivity index (χ1n) is 5.62. The number of carbonyl (C=O) groups is 1. The smallest absolute Gasteiger partial charge is 0.369 e. The highest BCUT2D eigenvalue weighted by atomic mass is 19.4. The first-order chi connectivity index (χ1) is 8.50. The van der Waals surface area contributed by atoms with Gasteiger partial charge >= 0.3 is 6.30 Å². The van der Waals surface area contributed by atoms with Crippen LogP contribution in [-0.4, -0.2) is 43.7 Å². The summed E-state index contributed by atoms with van der Waals surface area (Å²) in [5, 5.41) is 0. The minimum Gasteiger partial charge on any atom is -0.369 e. The highest BCUT2D eigenvalue weighted by molar-refractivity contribution is 5.75. The molecule has 0 bridgehead atoms. The third kappa shape index (κ3) is 2.81. The summed E-state index contributed by atoms with van der Waals surface area (Å²) in [6.07, 6.45) is -3.50. The molecular formula is C12H13F3N2O. The molecule has 3 nitrogen and oxygen atoms in total. The van der Waals surface area contributed by atoms with E-state index in [-0.39, 0.29) is 13.1 Å². The second-order valence-corrected chi connectivity index (χ2v) is 4.15. The highest BCUT2D eigenvalue weighted by Crippen LogP contribution is 2.24. The van der Waals surface area contributed by atoms with Crippen molar-refractivity contribution in [1.29, 1.82) is 0 Å². The zero-order valence-corrected chi connectivity index (χ0v) is 9.65. The number of carbonyl (C=O) groups excluding carboxylic acids is 1. The standard InChI is InChI=1S/C12H13F3N2O/c13-12(14,15)17-7-5-16(6-8-17)11-3-1-10(9-18)2-4-11/h1-4,9H,5-8H2. The van der Waals surface area contributed by atoms with Crippen molar-refractivity contribution < 1.29 is 18.0 Å². The Labute approximate surface area is 103 Å². The first-order valence-corrected chi connectivity index (χ1v) is 5.62. The van der Waals surface area contributed by atoms with E-state index in [1.807, 2.05) is 4.90 Å². The maximum absolute atomic E-state index is 12.4. The normalized spacial score (nSPS) is 17.8. The third-order valence-corrected chi connectivity index (χ3v) is 3.03. The molecule has 0 atom stereocenters. The third-order valence-electron chi connectivity index (χ3n) is 3.03. The van der Waals surface area contributed by atoms with E-state index in [2.05, 4.69) is 0 Å². The molecule has 0 N–H and O–H groups in total. The lowest BCUT2D eigenvalue weighted by Crippen LogP contribution is -2.51. The van der Waals surface area contributed by atoms with Gasteiger partial charge in [-0.3, -0.25) is 4.79 Å². The van der Waals surface area contributed by atoms with Crippen LogP contribution in [0.3, 0.4) is 0 Å². The maximum atomic E-state index is 12.4. The molecule has 98 valence electrons. The van der Waals surface area contributed by atoms with Gasteiger partial charge < -0.3 is 4.90 Å². The van der Waals surface area contributed by atoms with E-state index in [9.17, 15) is 18.0 Å². The van der Waals surface area contributed by atoms with Gasteiger partial charge in [0, 0.05) is 37.4 Å². The molecule has 1 aromatic rings. The van der Waals surface area contributed by atoms with Crippen molar-refractivity contribution in [3.05, 3.63) is 29.8 Å². The van der Waals surface area contributed by atoms with Crippen molar-refractivity contribution >= 4 is 12.0 Å². The molecule has 1 aliphatic rings. The molecule has 1 heterocycles. The number of benzene rings is 1. The number of aldehydes is 1. The largest absolute Gasteiger partial charge is 0.460 e. The maximum Gasteiger partial charge on any atom is 0.460 e. The van der Waals surface area contributed by atoms with Gasteiger partial charge in [0.25, 0.3) is 0 Å². The molecule has 2 rings (SSSR count). The van der Waals surface area contributed by atoms with Crippen LogP contribution in [0.25, 0.3) is 0 Å². The van der Waals surface area contributed by atoms with Crippen LogP contribution >= 0.6 is 0 Å². The van der Waals surface area contributed by atoms with Crippen LogP contribution < -0.4 is 4.90 Å². The monoisotopic (exact) mass is 258 g/mol. The zero-order chi connectivity index (χ0) is 13.2. The number of halogens is 3. The van der Waals surface area contributed by atoms with Crippen LogP contribution in [-0.2, 0) is 0 Å². The Hall–Kier alpha value is -1.56. The Morgan fingerprint density at radius 3 is 2.00 bits per heavy atom. The van der Waals surface area contributed by atoms with Gasteiger partial charge in [-0.15, -0.1) is 0 Å². The van der Waals surface area contributed by atoms with Gasteiger partial charge in [-0.1, -0.05) is 0 Å². The van der Waals surface area contributed by atoms with E-state index in [0.717, 1.165) is 12.0 Å². The summed E-state index contributed by atoms with van der Waals surface area (Å²) in [6, 6.07) is 6.84. The molecule has 0 spiro atoms. The van der Waals surface area contributed by atoms with E-state index >= 15 is 0 Å². The van der Waals surface area contributed by atoms with Gasteiger partial charge in [0.1, 0.15) is 6.29 Å². The highest BCUT2D eigenvalue weighted by Gasteiger charge is 2.38. The summed E-state index contributed by atoms with van der Waals surface area (Å²) >= 11 is 0. The molecule has 0 radical (unpaired) electrons. The molecule has 1 saturated heterocycles. The van der Waals surface area contributed by atoms with Crippen molar-refractivity contribution in [3.8, 4) is 0 Å². The van der Waals surface area contributed by atoms with E-state index in [4.69, 9.17) is 0 Å². The van der Waals surface area contributed by atoms with Crippen molar-refractivity contribution in [2.75, 3.05) is 31.1 Å². The molecule has 18 heavy (non-hydrogen) atoms. The number of hydrogen-bond donors (Lipinski definition) is 0. The number of nitrogens with zero attached hydrogens (tertiary/aromatic N) is 2. The molecule has 0 unspecified atom stereocenters. The predicted molar refractivity (Wildman–Crippen MR) is 61.7 cm³/mol. The van der Waals surface area contributed by atoms with E-state index in [1.165, 1.54) is 0 Å². The lowest BCUT2D eigenvalue weighted by molar-refractivity contribution is -0.246. The second-order valence-electron chi connectivity index (χ2n) is 4.15. The molecule has 0 aromatic heterocycles. The summed E-state index contributed by atoms with van der Waals surface area (Å²) in [5.41, 5.74) is 1.41. The van der Waals surface area contributed by atoms with Gasteiger partial charge in [0.15, 0.2) is 0 Å². The van der Waals surface area contributed by atoms with E-state index < -0.39 is 6.30 Å². The number of rotatable bonds is 2. The lowest BCUT2D eigenvalue weighted by atomic mass is 10.2. The first kappa shape index (κ1) is 12.9. The van der Waals surface area contributed by atoms with Crippen LogP contribution in [0.2, 0.25) is 0 Å². The van der Waals surface area contributed by atoms with Crippen molar-refractivity contribution in [3.63, 3.8) is 0 Å².